The summed E-state index contributed by atoms with van der Waals surface area (Å²) in [6, 6.07) is 14.3. The Morgan fingerprint density at radius 2 is 1.89 bits per heavy atom. The first-order chi connectivity index (χ1) is 13.6. The minimum absolute atomic E-state index is 0.0876. The Kier molecular flexibility index (Phi) is 5.43. The van der Waals surface area contributed by atoms with Gasteiger partial charge >= 0.3 is 0 Å². The molecule has 0 bridgehead atoms. The van der Waals surface area contributed by atoms with E-state index in [1.54, 1.807) is 17.3 Å². The molecule has 7 heteroatoms. The van der Waals surface area contributed by atoms with E-state index in [4.69, 9.17) is 0 Å². The van der Waals surface area contributed by atoms with Gasteiger partial charge in [-0.2, -0.15) is 0 Å². The number of rotatable bonds is 7. The second-order valence-corrected chi connectivity index (χ2v) is 8.39. The van der Waals surface area contributed by atoms with Gasteiger partial charge in [0.2, 0.25) is 5.91 Å². The van der Waals surface area contributed by atoms with Crippen molar-refractivity contribution in [3.63, 3.8) is 0 Å². The number of hydrogen-bond donors (Lipinski definition) is 0. The van der Waals surface area contributed by atoms with Gasteiger partial charge in [0.05, 0.1) is 5.25 Å². The highest BCUT2D eigenvalue weighted by molar-refractivity contribution is 8.00. The fraction of sp³-hybridized carbons (Fsp3) is 0.333. The van der Waals surface area contributed by atoms with Crippen LogP contribution in [0, 0.1) is 0 Å². The fourth-order valence-corrected chi connectivity index (χ4v) is 4.21. The highest BCUT2D eigenvalue weighted by Crippen LogP contribution is 2.41. The van der Waals surface area contributed by atoms with Crippen molar-refractivity contribution >= 4 is 17.7 Å². The predicted octanol–water partition coefficient (Wildman–Crippen LogP) is 3.81. The van der Waals surface area contributed by atoms with Crippen LogP contribution >= 0.6 is 11.8 Å². The molecule has 1 unspecified atom stereocenters. The van der Waals surface area contributed by atoms with Crippen LogP contribution in [0.2, 0.25) is 0 Å². The molecule has 1 saturated carbocycles. The lowest BCUT2D eigenvalue weighted by molar-refractivity contribution is -0.129. The average Bonchev–Trinajstić information content (AvgIpc) is 3.48. The average molecular weight is 394 g/mol. The van der Waals surface area contributed by atoms with Crippen molar-refractivity contribution in [2.24, 2.45) is 0 Å². The molecule has 144 valence electrons. The van der Waals surface area contributed by atoms with Crippen molar-refractivity contribution in [2.45, 2.75) is 42.8 Å². The minimum atomic E-state index is -0.235. The van der Waals surface area contributed by atoms with E-state index < -0.39 is 0 Å². The van der Waals surface area contributed by atoms with E-state index in [9.17, 15) is 4.79 Å². The van der Waals surface area contributed by atoms with E-state index in [0.717, 1.165) is 34.9 Å². The Bertz CT molecular complexity index is 940. The van der Waals surface area contributed by atoms with Crippen molar-refractivity contribution in [2.75, 3.05) is 7.05 Å². The maximum absolute atomic E-state index is 12.9. The second kappa shape index (κ2) is 8.14. The Morgan fingerprint density at radius 3 is 2.57 bits per heavy atom. The van der Waals surface area contributed by atoms with E-state index in [1.807, 2.05) is 56.4 Å². The van der Waals surface area contributed by atoms with Gasteiger partial charge in [0, 0.05) is 37.6 Å². The number of benzene rings is 1. The molecule has 1 fully saturated rings. The zero-order chi connectivity index (χ0) is 19.5. The minimum Gasteiger partial charge on any atom is -0.340 e. The first kappa shape index (κ1) is 18.7. The van der Waals surface area contributed by atoms with Crippen molar-refractivity contribution < 1.29 is 4.79 Å². The summed E-state index contributed by atoms with van der Waals surface area (Å²) >= 11 is 1.48. The molecule has 0 saturated heterocycles. The molecule has 0 radical (unpaired) electrons. The quantitative estimate of drug-likeness (QED) is 0.571. The largest absolute Gasteiger partial charge is 0.340 e. The normalized spacial score (nSPS) is 14.6. The van der Waals surface area contributed by atoms with Crippen LogP contribution in [-0.4, -0.2) is 42.9 Å². The van der Waals surface area contributed by atoms with Gasteiger partial charge in [0.25, 0.3) is 0 Å². The van der Waals surface area contributed by atoms with Crippen molar-refractivity contribution in [3.8, 4) is 11.4 Å². The smallest absolute Gasteiger partial charge is 0.235 e. The van der Waals surface area contributed by atoms with Crippen LogP contribution in [0.15, 0.2) is 60.0 Å². The van der Waals surface area contributed by atoms with Gasteiger partial charge in [-0.25, -0.2) is 0 Å². The topological polar surface area (TPSA) is 63.9 Å². The van der Waals surface area contributed by atoms with Crippen molar-refractivity contribution in [1.29, 1.82) is 0 Å². The van der Waals surface area contributed by atoms with Crippen molar-refractivity contribution in [1.82, 2.24) is 24.6 Å². The molecule has 1 atom stereocenters. The Balaban J connectivity index is 1.49. The van der Waals surface area contributed by atoms with E-state index in [1.165, 1.54) is 11.8 Å². The first-order valence-corrected chi connectivity index (χ1v) is 10.3. The van der Waals surface area contributed by atoms with E-state index in [2.05, 4.69) is 19.7 Å². The molecule has 2 aromatic heterocycles. The number of thioether (sulfide) groups is 1. The predicted molar refractivity (Wildman–Crippen MR) is 110 cm³/mol. The second-order valence-electron chi connectivity index (χ2n) is 7.08. The highest BCUT2D eigenvalue weighted by Gasteiger charge is 2.32. The third kappa shape index (κ3) is 4.09. The van der Waals surface area contributed by atoms with Crippen LogP contribution in [0.3, 0.4) is 0 Å². The van der Waals surface area contributed by atoms with Gasteiger partial charge in [-0.05, 0) is 37.5 Å². The number of carbonyl (C=O) groups excluding carboxylic acids is 1. The van der Waals surface area contributed by atoms with Crippen LogP contribution in [0.5, 0.6) is 0 Å². The van der Waals surface area contributed by atoms with Gasteiger partial charge in [-0.15, -0.1) is 10.2 Å². The molecule has 4 rings (SSSR count). The molecule has 1 aromatic carbocycles. The van der Waals surface area contributed by atoms with Crippen LogP contribution in [0.25, 0.3) is 11.4 Å². The molecular weight excluding hydrogens is 370 g/mol. The van der Waals surface area contributed by atoms with Gasteiger partial charge in [-0.3, -0.25) is 14.3 Å². The summed E-state index contributed by atoms with van der Waals surface area (Å²) in [5.41, 5.74) is 2.12. The molecule has 1 aliphatic carbocycles. The highest BCUT2D eigenvalue weighted by atomic mass is 32.2. The summed E-state index contributed by atoms with van der Waals surface area (Å²) in [6.07, 6.45) is 5.78. The zero-order valence-corrected chi connectivity index (χ0v) is 16.8. The molecule has 0 aliphatic heterocycles. The van der Waals surface area contributed by atoms with Gasteiger partial charge < -0.3 is 4.90 Å². The lowest BCUT2D eigenvalue weighted by Crippen LogP contribution is -2.33. The number of nitrogens with zero attached hydrogens (tertiary/aromatic N) is 5. The van der Waals surface area contributed by atoms with E-state index in [0.29, 0.717) is 12.6 Å². The molecule has 3 aromatic rings. The summed E-state index contributed by atoms with van der Waals surface area (Å²) in [6.45, 7) is 2.54. The third-order valence-corrected chi connectivity index (χ3v) is 5.83. The monoisotopic (exact) mass is 393 g/mol. The summed E-state index contributed by atoms with van der Waals surface area (Å²) < 4.78 is 2.18. The Morgan fingerprint density at radius 1 is 1.18 bits per heavy atom. The lowest BCUT2D eigenvalue weighted by Gasteiger charge is -2.21. The van der Waals surface area contributed by atoms with Crippen LogP contribution in [0.1, 0.15) is 31.4 Å². The molecule has 0 spiro atoms. The number of amides is 1. The van der Waals surface area contributed by atoms with Crippen LogP contribution in [-0.2, 0) is 11.3 Å². The molecule has 6 nitrogen and oxygen atoms in total. The number of hydrogen-bond acceptors (Lipinski definition) is 5. The van der Waals surface area contributed by atoms with Gasteiger partial charge in [0.15, 0.2) is 11.0 Å². The molecular formula is C21H23N5OS. The lowest BCUT2D eigenvalue weighted by atomic mass is 10.2. The molecule has 28 heavy (non-hydrogen) atoms. The number of aromatic nitrogens is 4. The third-order valence-electron chi connectivity index (χ3n) is 4.78. The maximum atomic E-state index is 12.9. The Labute approximate surface area is 169 Å². The Hall–Kier alpha value is -2.67. The summed E-state index contributed by atoms with van der Waals surface area (Å²) in [5, 5.41) is 9.39. The standard InChI is InChI=1S/C21H23N5OS/c1-15(20(27)25(2)14-16-6-4-3-5-7-16)28-21-24-23-19(26(21)18-8-9-18)17-10-12-22-13-11-17/h3-7,10-13,15,18H,8-9,14H2,1-2H3. The van der Waals surface area contributed by atoms with Crippen molar-refractivity contribution in [3.05, 3.63) is 60.4 Å². The number of carbonyl (C=O) groups is 1. The van der Waals surface area contributed by atoms with Gasteiger partial charge in [0.1, 0.15) is 0 Å². The zero-order valence-electron chi connectivity index (χ0n) is 16.0. The van der Waals surface area contributed by atoms with Gasteiger partial charge in [-0.1, -0.05) is 42.1 Å². The first-order valence-electron chi connectivity index (χ1n) is 9.44. The maximum Gasteiger partial charge on any atom is 0.235 e. The number of pyridine rings is 1. The summed E-state index contributed by atoms with van der Waals surface area (Å²) in [4.78, 5) is 18.7. The van der Waals surface area contributed by atoms with Crippen LogP contribution < -0.4 is 0 Å². The fourth-order valence-electron chi connectivity index (χ4n) is 3.17. The van der Waals surface area contributed by atoms with Crippen LogP contribution in [0.4, 0.5) is 0 Å². The van der Waals surface area contributed by atoms with E-state index in [-0.39, 0.29) is 11.2 Å². The molecule has 0 N–H and O–H groups in total. The van der Waals surface area contributed by atoms with E-state index >= 15 is 0 Å². The molecule has 1 amide bonds. The summed E-state index contributed by atoms with van der Waals surface area (Å²) in [5.74, 6) is 0.939. The SMILES string of the molecule is CC(Sc1nnc(-c2ccncc2)n1C1CC1)C(=O)N(C)Cc1ccccc1. The molecule has 1 aliphatic rings. The molecule has 2 heterocycles. The summed E-state index contributed by atoms with van der Waals surface area (Å²) in [7, 11) is 1.85.